The number of unbranched alkanes of at least 4 members (excludes halogenated alkanes) is 2. The summed E-state index contributed by atoms with van der Waals surface area (Å²) in [4.78, 5) is 34.8. The van der Waals surface area contributed by atoms with Gasteiger partial charge in [0, 0.05) is 19.4 Å². The van der Waals surface area contributed by atoms with Crippen LogP contribution in [-0.2, 0) is 32.7 Å². The van der Waals surface area contributed by atoms with Crippen molar-refractivity contribution in [2.24, 2.45) is 5.73 Å². The standard InChI is InChI=1S/C45H70NO9P/c1-3-5-7-9-11-13-15-17-19-21-22-24-26-28-30-32-34-42(47)36-37-45(49)55-43(41-54-56(50,51)53-39-38-46)40-52-44(48)35-33-31-29-27-25-23-20-18-16-14-12-10-8-6-4-2/h5-8,11-14,17-20,22,24-25,27-28,30,32,34,42-43,47H,3-4,9-10,15-16,21,23,26,29,31,33,35-41,46H2,1-2H3,(H,50,51)/b7-5-,8-6-,13-11-,14-12-,19-17-,20-18-,24-22-,27-25-,30-28-,34-32-/t42?,43-/m1/s1. The van der Waals surface area contributed by atoms with Crippen molar-refractivity contribution in [3.63, 3.8) is 0 Å². The van der Waals surface area contributed by atoms with Crippen molar-refractivity contribution in [3.05, 3.63) is 122 Å². The van der Waals surface area contributed by atoms with Crippen LogP contribution in [0.5, 0.6) is 0 Å². The van der Waals surface area contributed by atoms with E-state index in [-0.39, 0.29) is 39.0 Å². The lowest BCUT2D eigenvalue weighted by molar-refractivity contribution is -0.161. The van der Waals surface area contributed by atoms with Gasteiger partial charge in [0.15, 0.2) is 6.10 Å². The van der Waals surface area contributed by atoms with Gasteiger partial charge in [-0.25, -0.2) is 4.57 Å². The molecule has 0 aromatic carbocycles. The number of esters is 2. The number of aliphatic hydroxyl groups is 1. The highest BCUT2D eigenvalue weighted by Crippen LogP contribution is 2.43. The maximum atomic E-state index is 12.6. The second-order valence-electron chi connectivity index (χ2n) is 12.6. The summed E-state index contributed by atoms with van der Waals surface area (Å²) in [5.74, 6) is -1.18. The first-order valence-electron chi connectivity index (χ1n) is 20.1. The summed E-state index contributed by atoms with van der Waals surface area (Å²) in [7, 11) is -4.46. The Morgan fingerprint density at radius 2 is 1.12 bits per heavy atom. The van der Waals surface area contributed by atoms with E-state index in [0.717, 1.165) is 70.6 Å². The largest absolute Gasteiger partial charge is 0.472 e. The van der Waals surface area contributed by atoms with Gasteiger partial charge in [-0.05, 0) is 83.5 Å². The molecule has 0 saturated carbocycles. The molecule has 0 amide bonds. The number of phosphoric ester groups is 1. The Hall–Kier alpha value is -3.63. The summed E-state index contributed by atoms with van der Waals surface area (Å²) in [6.45, 7) is 3.13. The van der Waals surface area contributed by atoms with Gasteiger partial charge < -0.3 is 25.2 Å². The second-order valence-corrected chi connectivity index (χ2v) is 14.0. The van der Waals surface area contributed by atoms with Crippen LogP contribution in [-0.4, -0.2) is 60.5 Å². The predicted octanol–water partition coefficient (Wildman–Crippen LogP) is 10.3. The molecule has 0 radical (unpaired) electrons. The van der Waals surface area contributed by atoms with Crippen molar-refractivity contribution < 1.29 is 42.7 Å². The molecule has 0 aliphatic rings. The second kappa shape index (κ2) is 39.6. The summed E-state index contributed by atoms with van der Waals surface area (Å²) in [6, 6.07) is 0. The Morgan fingerprint density at radius 3 is 1.64 bits per heavy atom. The Morgan fingerprint density at radius 1 is 0.625 bits per heavy atom. The summed E-state index contributed by atoms with van der Waals surface area (Å²) in [5.41, 5.74) is 5.32. The Labute approximate surface area is 337 Å². The predicted molar refractivity (Wildman–Crippen MR) is 230 cm³/mol. The van der Waals surface area contributed by atoms with E-state index in [4.69, 9.17) is 24.3 Å². The van der Waals surface area contributed by atoms with Gasteiger partial charge in [0.05, 0.1) is 19.3 Å². The maximum absolute atomic E-state index is 12.6. The zero-order valence-electron chi connectivity index (χ0n) is 33.9. The minimum atomic E-state index is -4.46. The molecule has 0 heterocycles. The molecular weight excluding hydrogens is 729 g/mol. The quantitative estimate of drug-likeness (QED) is 0.0185. The van der Waals surface area contributed by atoms with E-state index < -0.39 is 38.6 Å². The lowest BCUT2D eigenvalue weighted by Crippen LogP contribution is -2.30. The van der Waals surface area contributed by atoms with Gasteiger partial charge in [0.1, 0.15) is 6.61 Å². The van der Waals surface area contributed by atoms with Gasteiger partial charge in [-0.15, -0.1) is 0 Å². The van der Waals surface area contributed by atoms with Crippen molar-refractivity contribution in [3.8, 4) is 0 Å². The normalized spacial score (nSPS) is 15.2. The first-order chi connectivity index (χ1) is 27.2. The molecule has 0 rings (SSSR count). The number of nitrogens with two attached hydrogens (primary N) is 1. The summed E-state index contributed by atoms with van der Waals surface area (Å²) in [5, 5.41) is 10.3. The van der Waals surface area contributed by atoms with Crippen LogP contribution in [0.4, 0.5) is 0 Å². The number of aliphatic hydroxyl groups excluding tert-OH is 1. The third-order valence-electron chi connectivity index (χ3n) is 7.46. The van der Waals surface area contributed by atoms with Gasteiger partial charge in [-0.1, -0.05) is 135 Å². The van der Waals surface area contributed by atoms with E-state index in [1.807, 2.05) is 12.2 Å². The molecule has 2 unspecified atom stereocenters. The number of carbonyl (C=O) groups excluding carboxylic acids is 2. The SMILES string of the molecule is CC/C=C\C/C=C\C/C=C\C/C=C\C/C=C\C=C/C(O)CCC(=O)O[C@H](COC(=O)CCCC/C=C\C/C=C\C/C=C\C/C=C\CC)COP(=O)(O)OCCN. The Balaban J connectivity index is 4.55. The number of ether oxygens (including phenoxy) is 2. The topological polar surface area (TPSA) is 155 Å². The van der Waals surface area contributed by atoms with E-state index in [0.29, 0.717) is 6.42 Å². The smallest absolute Gasteiger partial charge is 0.462 e. The Kier molecular flexibility index (Phi) is 37.0. The number of phosphoric acid groups is 1. The van der Waals surface area contributed by atoms with Gasteiger partial charge in [-0.2, -0.15) is 0 Å². The van der Waals surface area contributed by atoms with Crippen molar-refractivity contribution in [2.75, 3.05) is 26.4 Å². The maximum Gasteiger partial charge on any atom is 0.472 e. The van der Waals surface area contributed by atoms with Crippen molar-refractivity contribution in [2.45, 2.75) is 122 Å². The van der Waals surface area contributed by atoms with Gasteiger partial charge in [0.2, 0.25) is 0 Å². The molecule has 56 heavy (non-hydrogen) atoms. The van der Waals surface area contributed by atoms with Crippen LogP contribution in [0.1, 0.15) is 110 Å². The highest BCUT2D eigenvalue weighted by Gasteiger charge is 2.26. The van der Waals surface area contributed by atoms with Gasteiger partial charge in [0.25, 0.3) is 0 Å². The molecule has 0 aromatic rings. The molecule has 10 nitrogen and oxygen atoms in total. The molecule has 0 aromatic heterocycles. The fraction of sp³-hybridized carbons (Fsp3) is 0.511. The third-order valence-corrected chi connectivity index (χ3v) is 8.44. The Bertz CT molecular complexity index is 1340. The first-order valence-corrected chi connectivity index (χ1v) is 21.6. The monoisotopic (exact) mass is 799 g/mol. The fourth-order valence-electron chi connectivity index (χ4n) is 4.50. The van der Waals surface area contributed by atoms with Gasteiger partial charge >= 0.3 is 19.8 Å². The number of carbonyl (C=O) groups is 2. The van der Waals surface area contributed by atoms with Crippen LogP contribution < -0.4 is 5.73 Å². The molecule has 0 aliphatic carbocycles. The van der Waals surface area contributed by atoms with Crippen LogP contribution >= 0.6 is 7.82 Å². The molecule has 0 aliphatic heterocycles. The van der Waals surface area contributed by atoms with E-state index >= 15 is 0 Å². The summed E-state index contributed by atoms with van der Waals surface area (Å²) >= 11 is 0. The molecule has 3 atom stereocenters. The minimum absolute atomic E-state index is 0.00404. The molecule has 0 spiro atoms. The fourth-order valence-corrected chi connectivity index (χ4v) is 5.26. The summed E-state index contributed by atoms with van der Waals surface area (Å²) < 4.78 is 32.5. The van der Waals surface area contributed by atoms with Gasteiger partial charge in [-0.3, -0.25) is 18.6 Å². The molecule has 0 saturated heterocycles. The number of hydrogen-bond acceptors (Lipinski definition) is 9. The van der Waals surface area contributed by atoms with E-state index in [1.54, 1.807) is 12.2 Å². The lowest BCUT2D eigenvalue weighted by atomic mass is 10.2. The molecular formula is C45H70NO9P. The average Bonchev–Trinajstić information content (AvgIpc) is 3.18. The van der Waals surface area contributed by atoms with Crippen molar-refractivity contribution in [1.29, 1.82) is 0 Å². The van der Waals surface area contributed by atoms with Crippen LogP contribution in [0.15, 0.2) is 122 Å². The van der Waals surface area contributed by atoms with Crippen LogP contribution in [0.3, 0.4) is 0 Å². The molecule has 0 fully saturated rings. The minimum Gasteiger partial charge on any atom is -0.462 e. The zero-order chi connectivity index (χ0) is 41.2. The molecule has 11 heteroatoms. The summed E-state index contributed by atoms with van der Waals surface area (Å²) in [6.07, 6.45) is 50.0. The highest BCUT2D eigenvalue weighted by atomic mass is 31.2. The van der Waals surface area contributed by atoms with E-state index in [1.165, 1.54) is 0 Å². The molecule has 314 valence electrons. The average molecular weight is 800 g/mol. The van der Waals surface area contributed by atoms with E-state index in [2.05, 4.69) is 111 Å². The van der Waals surface area contributed by atoms with Crippen LogP contribution in [0, 0.1) is 0 Å². The van der Waals surface area contributed by atoms with Crippen LogP contribution in [0.25, 0.3) is 0 Å². The number of allylic oxidation sites excluding steroid dienone is 19. The molecule has 0 bridgehead atoms. The first kappa shape index (κ1) is 52.4. The molecule has 4 N–H and O–H groups in total. The third kappa shape index (κ3) is 38.6. The van der Waals surface area contributed by atoms with E-state index in [9.17, 15) is 24.2 Å². The van der Waals surface area contributed by atoms with Crippen LogP contribution in [0.2, 0.25) is 0 Å². The number of hydrogen-bond donors (Lipinski definition) is 3. The zero-order valence-corrected chi connectivity index (χ0v) is 34.8. The highest BCUT2D eigenvalue weighted by molar-refractivity contribution is 7.47. The lowest BCUT2D eigenvalue weighted by Gasteiger charge is -2.20. The van der Waals surface area contributed by atoms with Crippen molar-refractivity contribution in [1.82, 2.24) is 0 Å². The number of rotatable bonds is 35. The van der Waals surface area contributed by atoms with Crippen molar-refractivity contribution >= 4 is 19.8 Å².